The van der Waals surface area contributed by atoms with Crippen molar-refractivity contribution in [2.45, 2.75) is 70.7 Å². The molecule has 3 nitrogen and oxygen atoms in total. The minimum absolute atomic E-state index is 0.0232. The molecule has 2 heterocycles. The van der Waals surface area contributed by atoms with Gasteiger partial charge in [0.1, 0.15) is 5.60 Å². The first-order valence-electron chi connectivity index (χ1n) is 12.9. The molecule has 162 valence electrons. The summed E-state index contributed by atoms with van der Waals surface area (Å²) in [6, 6.07) is 0. The number of fused-ring (bicyclic) bond motifs is 23. The molecule has 0 amide bonds. The van der Waals surface area contributed by atoms with Gasteiger partial charge in [0.25, 0.3) is 0 Å². The van der Waals surface area contributed by atoms with Crippen molar-refractivity contribution in [2.24, 2.45) is 76.9 Å². The summed E-state index contributed by atoms with van der Waals surface area (Å²) >= 11 is 0. The van der Waals surface area contributed by atoms with E-state index in [2.05, 4.69) is 12.2 Å². The van der Waals surface area contributed by atoms with Gasteiger partial charge in [-0.2, -0.15) is 0 Å². The molecule has 8 bridgehead atoms. The van der Waals surface area contributed by atoms with Crippen LogP contribution in [0.5, 0.6) is 0 Å². The van der Waals surface area contributed by atoms with Crippen LogP contribution in [0.1, 0.15) is 52.9 Å². The Hall–Kier alpha value is -0.830. The number of hydrogen-bond acceptors (Lipinski definition) is 3. The first kappa shape index (κ1) is 17.7. The van der Waals surface area contributed by atoms with Crippen LogP contribution < -0.4 is 0 Å². The van der Waals surface area contributed by atoms with Gasteiger partial charge in [-0.25, -0.2) is 0 Å². The molecule has 0 N–H and O–H groups in total. The molecule has 0 aromatic rings. The van der Waals surface area contributed by atoms with Gasteiger partial charge in [-0.1, -0.05) is 12.2 Å². The Labute approximate surface area is 180 Å². The van der Waals surface area contributed by atoms with E-state index in [1.165, 1.54) is 25.7 Å². The van der Waals surface area contributed by atoms with Gasteiger partial charge >= 0.3 is 5.97 Å². The number of esters is 1. The van der Waals surface area contributed by atoms with Crippen molar-refractivity contribution in [3.8, 4) is 0 Å². The Morgan fingerprint density at radius 2 is 1.47 bits per heavy atom. The topological polar surface area (TPSA) is 35.5 Å². The Bertz CT molecular complexity index is 840. The second-order valence-electron chi connectivity index (χ2n) is 13.5. The second kappa shape index (κ2) is 5.38. The molecule has 30 heavy (non-hydrogen) atoms. The summed E-state index contributed by atoms with van der Waals surface area (Å²) in [4.78, 5) is 12.6. The fourth-order valence-electron chi connectivity index (χ4n) is 11.5. The number of hydrogen-bond donors (Lipinski definition) is 0. The molecule has 0 aromatic heterocycles. The highest BCUT2D eigenvalue weighted by molar-refractivity contribution is 5.70. The highest BCUT2D eigenvalue weighted by atomic mass is 16.6. The third kappa shape index (κ3) is 1.97. The quantitative estimate of drug-likeness (QED) is 0.377. The van der Waals surface area contributed by atoms with Gasteiger partial charge < -0.3 is 9.47 Å². The molecule has 15 atom stereocenters. The van der Waals surface area contributed by atoms with Crippen LogP contribution in [-0.2, 0) is 14.3 Å². The van der Waals surface area contributed by atoms with Gasteiger partial charge in [0.05, 0.1) is 12.2 Å². The van der Waals surface area contributed by atoms with E-state index in [-0.39, 0.29) is 11.6 Å². The largest absolute Gasteiger partial charge is 0.460 e. The van der Waals surface area contributed by atoms with E-state index in [1.54, 1.807) is 0 Å². The minimum Gasteiger partial charge on any atom is -0.460 e. The Morgan fingerprint density at radius 3 is 2.13 bits per heavy atom. The molecule has 3 heteroatoms. The van der Waals surface area contributed by atoms with Crippen LogP contribution in [0.2, 0.25) is 0 Å². The zero-order valence-electron chi connectivity index (χ0n) is 18.6. The SMILES string of the molecule is CC(C)(C)OC(=O)CC1CC2CC1C1C3OC(C21)C1C2CC(C4C5C=CC(C5)C24)C31. The number of rotatable bonds is 2. The zero-order chi connectivity index (χ0) is 20.1. The van der Waals surface area contributed by atoms with E-state index >= 15 is 0 Å². The lowest BCUT2D eigenvalue weighted by Gasteiger charge is -2.48. The summed E-state index contributed by atoms with van der Waals surface area (Å²) in [7, 11) is 0. The van der Waals surface area contributed by atoms with E-state index in [4.69, 9.17) is 9.47 Å². The highest BCUT2D eigenvalue weighted by Gasteiger charge is 2.77. The van der Waals surface area contributed by atoms with Crippen molar-refractivity contribution < 1.29 is 14.3 Å². The summed E-state index contributed by atoms with van der Waals surface area (Å²) < 4.78 is 12.6. The van der Waals surface area contributed by atoms with Crippen LogP contribution in [0.3, 0.4) is 0 Å². The number of ether oxygens (including phenoxy) is 2. The molecule has 8 rings (SSSR count). The Morgan fingerprint density at radius 1 is 0.833 bits per heavy atom. The van der Waals surface area contributed by atoms with Gasteiger partial charge in [0.2, 0.25) is 0 Å². The first-order chi connectivity index (χ1) is 14.4. The molecule has 0 radical (unpaired) electrons. The Kier molecular flexibility index (Phi) is 3.17. The van der Waals surface area contributed by atoms with Crippen molar-refractivity contribution in [2.75, 3.05) is 0 Å². The number of carbonyl (C=O) groups excluding carboxylic acids is 1. The second-order valence-corrected chi connectivity index (χ2v) is 13.5. The monoisotopic (exact) mass is 408 g/mol. The van der Waals surface area contributed by atoms with Crippen molar-refractivity contribution in [1.82, 2.24) is 0 Å². The fraction of sp³-hybridized carbons (Fsp3) is 0.889. The van der Waals surface area contributed by atoms with Crippen LogP contribution in [0.15, 0.2) is 12.2 Å². The van der Waals surface area contributed by atoms with Gasteiger partial charge in [-0.15, -0.1) is 0 Å². The van der Waals surface area contributed by atoms with Crippen LogP contribution in [0.4, 0.5) is 0 Å². The maximum absolute atomic E-state index is 12.6. The molecule has 7 fully saturated rings. The molecule has 0 spiro atoms. The minimum atomic E-state index is -0.366. The normalized spacial score (nSPS) is 62.3. The van der Waals surface area contributed by atoms with Gasteiger partial charge in [0, 0.05) is 6.42 Å². The number of carbonyl (C=O) groups is 1. The van der Waals surface area contributed by atoms with Crippen molar-refractivity contribution in [1.29, 1.82) is 0 Å². The maximum Gasteiger partial charge on any atom is 0.306 e. The predicted octanol–water partition coefficient (Wildman–Crippen LogP) is 4.71. The molecule has 2 aliphatic heterocycles. The highest BCUT2D eigenvalue weighted by Crippen LogP contribution is 2.77. The van der Waals surface area contributed by atoms with E-state index in [0.717, 1.165) is 71.0 Å². The average molecular weight is 409 g/mol. The van der Waals surface area contributed by atoms with Gasteiger partial charge in [-0.3, -0.25) is 4.79 Å². The maximum atomic E-state index is 12.6. The number of allylic oxidation sites excluding steroid dienone is 2. The summed E-state index contributed by atoms with van der Waals surface area (Å²) in [5, 5.41) is 0. The summed E-state index contributed by atoms with van der Waals surface area (Å²) in [5.74, 6) is 11.1. The van der Waals surface area contributed by atoms with E-state index in [0.29, 0.717) is 24.5 Å². The third-order valence-corrected chi connectivity index (χ3v) is 11.5. The average Bonchev–Trinajstić information content (AvgIpc) is 3.51. The molecule has 2 saturated heterocycles. The van der Waals surface area contributed by atoms with Crippen molar-refractivity contribution >= 4 is 5.97 Å². The van der Waals surface area contributed by atoms with Crippen LogP contribution >= 0.6 is 0 Å². The lowest BCUT2D eigenvalue weighted by atomic mass is 9.54. The molecule has 8 aliphatic rings. The molecular weight excluding hydrogens is 372 g/mol. The van der Waals surface area contributed by atoms with Crippen molar-refractivity contribution in [3.63, 3.8) is 0 Å². The molecule has 5 saturated carbocycles. The van der Waals surface area contributed by atoms with Gasteiger partial charge in [-0.05, 0) is 123 Å². The van der Waals surface area contributed by atoms with Crippen LogP contribution in [0, 0.1) is 76.9 Å². The third-order valence-electron chi connectivity index (χ3n) is 11.5. The first-order valence-corrected chi connectivity index (χ1v) is 12.9. The zero-order valence-corrected chi connectivity index (χ0v) is 18.6. The Balaban J connectivity index is 1.06. The van der Waals surface area contributed by atoms with E-state index in [1.807, 2.05) is 20.8 Å². The smallest absolute Gasteiger partial charge is 0.306 e. The van der Waals surface area contributed by atoms with Crippen molar-refractivity contribution in [3.05, 3.63) is 12.2 Å². The molecule has 6 aliphatic carbocycles. The lowest BCUT2D eigenvalue weighted by Crippen LogP contribution is -2.50. The summed E-state index contributed by atoms with van der Waals surface area (Å²) in [6.45, 7) is 5.96. The predicted molar refractivity (Wildman–Crippen MR) is 112 cm³/mol. The van der Waals surface area contributed by atoms with E-state index < -0.39 is 0 Å². The van der Waals surface area contributed by atoms with Crippen LogP contribution in [-0.4, -0.2) is 23.8 Å². The summed E-state index contributed by atoms with van der Waals surface area (Å²) in [5.41, 5.74) is -0.366. The molecular formula is C27H36O3. The lowest BCUT2D eigenvalue weighted by molar-refractivity contribution is -0.156. The molecule has 0 aromatic carbocycles. The fourth-order valence-corrected chi connectivity index (χ4v) is 11.5. The van der Waals surface area contributed by atoms with Crippen LogP contribution in [0.25, 0.3) is 0 Å². The van der Waals surface area contributed by atoms with E-state index in [9.17, 15) is 4.79 Å². The summed E-state index contributed by atoms with van der Waals surface area (Å²) in [6.07, 6.45) is 12.5. The molecule has 15 unspecified atom stereocenters. The van der Waals surface area contributed by atoms with Gasteiger partial charge in [0.15, 0.2) is 0 Å². The standard InChI is InChI=1S/C27H36O3/c1-27(2,3)30-18(28)9-13-7-14-8-15(13)22-21(14)25-23-16-10-17(24(23)26(22)29-25)20-12-5-4-11(6-12)19(16)20/h4-5,11-17,19-26H,6-10H2,1-3H3.